The van der Waals surface area contributed by atoms with E-state index in [1.807, 2.05) is 6.92 Å². The first kappa shape index (κ1) is 13.8. The summed E-state index contributed by atoms with van der Waals surface area (Å²) in [5, 5.41) is 13.1. The van der Waals surface area contributed by atoms with Gasteiger partial charge in [0.05, 0.1) is 13.0 Å². The summed E-state index contributed by atoms with van der Waals surface area (Å²) < 4.78 is 6.26. The zero-order valence-electron chi connectivity index (χ0n) is 11.6. The van der Waals surface area contributed by atoms with Crippen molar-refractivity contribution in [2.75, 3.05) is 25.1 Å². The lowest BCUT2D eigenvalue weighted by molar-refractivity contribution is -0.389. The fraction of sp³-hybridized carbons (Fsp3) is 0.500. The second-order valence-electron chi connectivity index (χ2n) is 5.08. The van der Waals surface area contributed by atoms with Crippen molar-refractivity contribution in [1.29, 1.82) is 0 Å². The average molecular weight is 310 g/mol. The lowest BCUT2D eigenvalue weighted by Gasteiger charge is -2.14. The van der Waals surface area contributed by atoms with Crippen LogP contribution in [0.5, 0.6) is 0 Å². The topological polar surface area (TPSA) is 90.0 Å². The van der Waals surface area contributed by atoms with Crippen LogP contribution in [-0.2, 0) is 9.53 Å². The number of carbonyl (C=O) groups excluding carboxylic acids is 1. The molecule has 0 saturated carbocycles. The van der Waals surface area contributed by atoms with Gasteiger partial charge < -0.3 is 19.8 Å². The van der Waals surface area contributed by atoms with Gasteiger partial charge in [-0.05, 0) is 10.8 Å². The Kier molecular flexibility index (Phi) is 3.28. The highest BCUT2D eigenvalue weighted by Crippen LogP contribution is 2.35. The number of esters is 1. The van der Waals surface area contributed by atoms with E-state index in [0.29, 0.717) is 23.9 Å². The molecule has 0 aromatic carbocycles. The molecule has 2 unspecified atom stereocenters. The monoisotopic (exact) mass is 310 g/mol. The van der Waals surface area contributed by atoms with Gasteiger partial charge in [0, 0.05) is 18.5 Å². The van der Waals surface area contributed by atoms with Gasteiger partial charge in [0.25, 0.3) is 4.96 Å². The molecule has 112 valence electrons. The maximum Gasteiger partial charge on any atom is 0.373 e. The number of thiazole rings is 1. The van der Waals surface area contributed by atoms with Crippen molar-refractivity contribution in [3.05, 3.63) is 21.7 Å². The standard InChI is InChI=1S/C12H14N4O4S/c1-7-5-14(6-8(7)11(17)20-2)9-10(16(18)19)15-3-4-21-12(15)13-9/h3-4,7-8H,5-6H2,1-2H3. The molecule has 21 heavy (non-hydrogen) atoms. The largest absolute Gasteiger partial charge is 0.469 e. The molecule has 1 saturated heterocycles. The molecule has 9 heteroatoms. The molecule has 8 nitrogen and oxygen atoms in total. The minimum Gasteiger partial charge on any atom is -0.469 e. The Morgan fingerprint density at radius 3 is 3.00 bits per heavy atom. The van der Waals surface area contributed by atoms with Crippen molar-refractivity contribution in [2.45, 2.75) is 6.92 Å². The maximum absolute atomic E-state index is 11.7. The number of ether oxygens (including phenoxy) is 1. The highest BCUT2D eigenvalue weighted by Gasteiger charge is 2.39. The summed E-state index contributed by atoms with van der Waals surface area (Å²) in [6.07, 6.45) is 1.63. The fourth-order valence-corrected chi connectivity index (χ4v) is 3.45. The second kappa shape index (κ2) is 4.99. The number of anilines is 1. The normalized spacial score (nSPS) is 21.9. The lowest BCUT2D eigenvalue weighted by Crippen LogP contribution is -2.25. The van der Waals surface area contributed by atoms with Crippen LogP contribution in [0.3, 0.4) is 0 Å². The molecular formula is C12H14N4O4S. The van der Waals surface area contributed by atoms with Crippen LogP contribution in [0, 0.1) is 22.0 Å². The van der Waals surface area contributed by atoms with Gasteiger partial charge in [-0.1, -0.05) is 18.3 Å². The van der Waals surface area contributed by atoms with Crippen LogP contribution in [0.15, 0.2) is 11.6 Å². The number of fused-ring (bicyclic) bond motifs is 1. The fourth-order valence-electron chi connectivity index (χ4n) is 2.74. The number of methoxy groups -OCH3 is 1. The predicted molar refractivity (Wildman–Crippen MR) is 76.6 cm³/mol. The summed E-state index contributed by atoms with van der Waals surface area (Å²) in [6.45, 7) is 2.87. The molecule has 0 spiro atoms. The number of nitrogens with zero attached hydrogens (tertiary/aromatic N) is 4. The summed E-state index contributed by atoms with van der Waals surface area (Å²) in [6, 6.07) is 0. The van der Waals surface area contributed by atoms with E-state index in [-0.39, 0.29) is 23.6 Å². The molecule has 2 atom stereocenters. The third-order valence-corrected chi connectivity index (χ3v) is 4.56. The highest BCUT2D eigenvalue weighted by atomic mass is 32.1. The van der Waals surface area contributed by atoms with Crippen LogP contribution in [-0.4, -0.2) is 40.5 Å². The van der Waals surface area contributed by atoms with Crippen LogP contribution < -0.4 is 4.90 Å². The zero-order valence-corrected chi connectivity index (χ0v) is 12.4. The van der Waals surface area contributed by atoms with E-state index in [1.54, 1.807) is 16.5 Å². The molecule has 2 aromatic heterocycles. The summed E-state index contributed by atoms with van der Waals surface area (Å²) in [5.41, 5.74) is 0. The van der Waals surface area contributed by atoms with Crippen molar-refractivity contribution in [3.63, 3.8) is 0 Å². The lowest BCUT2D eigenvalue weighted by atomic mass is 9.99. The van der Waals surface area contributed by atoms with E-state index in [1.165, 1.54) is 22.8 Å². The Labute approximate surface area is 124 Å². The molecule has 1 aliphatic rings. The van der Waals surface area contributed by atoms with Crippen LogP contribution in [0.1, 0.15) is 6.92 Å². The van der Waals surface area contributed by atoms with Crippen molar-refractivity contribution in [1.82, 2.24) is 9.38 Å². The van der Waals surface area contributed by atoms with E-state index in [2.05, 4.69) is 4.98 Å². The molecular weight excluding hydrogens is 296 g/mol. The molecule has 0 aliphatic carbocycles. The first-order valence-electron chi connectivity index (χ1n) is 6.45. The van der Waals surface area contributed by atoms with Crippen molar-refractivity contribution >= 4 is 33.9 Å². The number of aromatic nitrogens is 2. The number of imidazole rings is 1. The van der Waals surface area contributed by atoms with Crippen LogP contribution in [0.4, 0.5) is 11.6 Å². The van der Waals surface area contributed by atoms with E-state index >= 15 is 0 Å². The minimum atomic E-state index is -0.432. The van der Waals surface area contributed by atoms with Gasteiger partial charge >= 0.3 is 11.8 Å². The van der Waals surface area contributed by atoms with E-state index in [4.69, 9.17) is 4.74 Å². The minimum absolute atomic E-state index is 0.0519. The second-order valence-corrected chi connectivity index (χ2v) is 5.96. The van der Waals surface area contributed by atoms with Gasteiger partial charge in [-0.3, -0.25) is 4.79 Å². The average Bonchev–Trinajstić information content (AvgIpc) is 3.09. The molecule has 0 amide bonds. The molecule has 1 fully saturated rings. The number of carbonyl (C=O) groups is 1. The van der Waals surface area contributed by atoms with Crippen molar-refractivity contribution in [3.8, 4) is 0 Å². The summed E-state index contributed by atoms with van der Waals surface area (Å²) in [5.74, 6) is -0.228. The zero-order chi connectivity index (χ0) is 15.1. The Morgan fingerprint density at radius 2 is 2.33 bits per heavy atom. The molecule has 0 radical (unpaired) electrons. The number of hydrogen-bond acceptors (Lipinski definition) is 7. The Bertz CT molecular complexity index is 709. The van der Waals surface area contributed by atoms with Crippen LogP contribution >= 0.6 is 11.3 Å². The van der Waals surface area contributed by atoms with Crippen molar-refractivity contribution < 1.29 is 14.5 Å². The van der Waals surface area contributed by atoms with Crippen LogP contribution in [0.25, 0.3) is 4.96 Å². The van der Waals surface area contributed by atoms with Crippen molar-refractivity contribution in [2.24, 2.45) is 11.8 Å². The third-order valence-electron chi connectivity index (χ3n) is 3.81. The Balaban J connectivity index is 1.98. The maximum atomic E-state index is 11.7. The summed E-state index contributed by atoms with van der Waals surface area (Å²) in [4.78, 5) is 29.4. The van der Waals surface area contributed by atoms with E-state index < -0.39 is 4.92 Å². The van der Waals surface area contributed by atoms with Gasteiger partial charge in [0.15, 0.2) is 0 Å². The first-order valence-corrected chi connectivity index (χ1v) is 7.33. The Morgan fingerprint density at radius 1 is 1.57 bits per heavy atom. The molecule has 3 heterocycles. The van der Waals surface area contributed by atoms with Gasteiger partial charge in [-0.2, -0.15) is 9.38 Å². The predicted octanol–water partition coefficient (Wildman–Crippen LogP) is 1.55. The van der Waals surface area contributed by atoms with Gasteiger partial charge in [-0.15, -0.1) is 0 Å². The quantitative estimate of drug-likeness (QED) is 0.485. The van der Waals surface area contributed by atoms with Crippen LogP contribution in [0.2, 0.25) is 0 Å². The summed E-state index contributed by atoms with van der Waals surface area (Å²) in [7, 11) is 1.35. The molecule has 2 aromatic rings. The molecule has 0 bridgehead atoms. The van der Waals surface area contributed by atoms with E-state index in [9.17, 15) is 14.9 Å². The third kappa shape index (κ3) is 2.13. The van der Waals surface area contributed by atoms with Gasteiger partial charge in [0.1, 0.15) is 6.20 Å². The molecule has 0 N–H and O–H groups in total. The highest BCUT2D eigenvalue weighted by molar-refractivity contribution is 7.15. The van der Waals surface area contributed by atoms with E-state index in [0.717, 1.165) is 0 Å². The molecule has 3 rings (SSSR count). The van der Waals surface area contributed by atoms with Gasteiger partial charge in [0.2, 0.25) is 5.82 Å². The Hall–Kier alpha value is -2.16. The van der Waals surface area contributed by atoms with Gasteiger partial charge in [-0.25, -0.2) is 0 Å². The smallest absolute Gasteiger partial charge is 0.373 e. The summed E-state index contributed by atoms with van der Waals surface area (Å²) >= 11 is 1.34. The number of nitro groups is 1. The SMILES string of the molecule is COC(=O)C1CN(c2nc3sccn3c2[N+](=O)[O-])CC1C. The molecule has 1 aliphatic heterocycles. The first-order chi connectivity index (χ1) is 10.0. The number of rotatable bonds is 3. The number of hydrogen-bond donors (Lipinski definition) is 0.